The molecule has 1 amide bonds. The molecule has 40 heavy (non-hydrogen) atoms. The van der Waals surface area contributed by atoms with Crippen LogP contribution in [-0.4, -0.2) is 70.5 Å². The van der Waals surface area contributed by atoms with Crippen molar-refractivity contribution in [1.82, 2.24) is 39.7 Å². The van der Waals surface area contributed by atoms with E-state index in [1.807, 2.05) is 45.0 Å². The number of fused-ring (bicyclic) bond motifs is 2. The molecule has 0 saturated carbocycles. The zero-order chi connectivity index (χ0) is 28.6. The topological polar surface area (TPSA) is 157 Å². The summed E-state index contributed by atoms with van der Waals surface area (Å²) in [6.07, 6.45) is 5.78. The normalized spacial score (nSPS) is 12.2. The third-order valence-corrected chi connectivity index (χ3v) is 6.99. The van der Waals surface area contributed by atoms with Gasteiger partial charge in [-0.25, -0.2) is 4.98 Å². The number of Topliss-reactive ketones (excluding diaryl/α,β-unsaturated/α-hetero) is 1. The lowest BCUT2D eigenvalue weighted by molar-refractivity contribution is 0.0603. The molecule has 0 bridgehead atoms. The minimum atomic E-state index is -0.242. The van der Waals surface area contributed by atoms with E-state index in [1.54, 1.807) is 24.4 Å². The van der Waals surface area contributed by atoms with Gasteiger partial charge in [-0.1, -0.05) is 0 Å². The Morgan fingerprint density at radius 1 is 1.18 bits per heavy atom. The molecule has 0 unspecified atom stereocenters. The predicted molar refractivity (Wildman–Crippen MR) is 150 cm³/mol. The van der Waals surface area contributed by atoms with E-state index in [-0.39, 0.29) is 35.4 Å². The first-order valence-corrected chi connectivity index (χ1v) is 13.0. The van der Waals surface area contributed by atoms with Crippen LogP contribution in [0.5, 0.6) is 5.75 Å². The number of aromatic nitrogens is 7. The average Bonchev–Trinajstić information content (AvgIpc) is 3.62. The highest BCUT2D eigenvalue weighted by Gasteiger charge is 2.27. The number of rotatable bonds is 9. The second kappa shape index (κ2) is 10.7. The SMILES string of the molecule is COc1ccc2ncc(-c3cnn4c(N)c(C(C)=O)c(CC[C@@H](C)N(C(=O)c5nnc[nH]5)C(C)C)nc34)cc2c1. The first-order valence-electron chi connectivity index (χ1n) is 13.0. The van der Waals surface area contributed by atoms with Gasteiger partial charge in [0, 0.05) is 34.8 Å². The second-order valence-electron chi connectivity index (χ2n) is 9.98. The van der Waals surface area contributed by atoms with Gasteiger partial charge in [0.2, 0.25) is 5.82 Å². The molecule has 0 saturated heterocycles. The Kier molecular flexibility index (Phi) is 7.16. The summed E-state index contributed by atoms with van der Waals surface area (Å²) in [6.45, 7) is 7.31. The monoisotopic (exact) mass is 541 g/mol. The van der Waals surface area contributed by atoms with Crippen molar-refractivity contribution in [3.63, 3.8) is 0 Å². The minimum Gasteiger partial charge on any atom is -0.497 e. The number of carbonyl (C=O) groups is 2. The molecule has 12 heteroatoms. The van der Waals surface area contributed by atoms with Crippen molar-refractivity contribution in [1.29, 1.82) is 0 Å². The van der Waals surface area contributed by atoms with Gasteiger partial charge in [-0.2, -0.15) is 9.61 Å². The van der Waals surface area contributed by atoms with Gasteiger partial charge in [-0.05, 0) is 64.8 Å². The van der Waals surface area contributed by atoms with Crippen LogP contribution in [0.1, 0.15) is 60.8 Å². The van der Waals surface area contributed by atoms with Crippen LogP contribution in [0.15, 0.2) is 43.0 Å². The van der Waals surface area contributed by atoms with Gasteiger partial charge in [0.25, 0.3) is 5.91 Å². The molecule has 12 nitrogen and oxygen atoms in total. The van der Waals surface area contributed by atoms with E-state index in [0.717, 1.165) is 27.8 Å². The molecule has 0 fully saturated rings. The molecule has 5 rings (SSSR count). The van der Waals surface area contributed by atoms with Gasteiger partial charge in [-0.15, -0.1) is 10.2 Å². The lowest BCUT2D eigenvalue weighted by atomic mass is 10.0. The molecule has 1 aromatic carbocycles. The molecule has 0 radical (unpaired) electrons. The molecule has 1 atom stereocenters. The lowest BCUT2D eigenvalue weighted by Gasteiger charge is -2.32. The quantitative estimate of drug-likeness (QED) is 0.265. The standard InChI is InChI=1S/C28H31N9O3/c1-15(2)36(28(39)26-31-14-32-35-26)16(3)6-8-23-24(17(4)38)25(29)37-27(34-23)21(13-33-37)19-10-18-11-20(40-5)7-9-22(18)30-12-19/h7,9-16H,6,8,29H2,1-5H3,(H,31,32,35)/t16-/m1/s1. The third-order valence-electron chi connectivity index (χ3n) is 6.99. The van der Waals surface area contributed by atoms with Gasteiger partial charge in [0.1, 0.15) is 17.9 Å². The summed E-state index contributed by atoms with van der Waals surface area (Å²) >= 11 is 0. The number of aryl methyl sites for hydroxylation is 1. The Hall–Kier alpha value is -4.87. The van der Waals surface area contributed by atoms with Crippen LogP contribution < -0.4 is 10.5 Å². The molecular weight excluding hydrogens is 510 g/mol. The number of methoxy groups -OCH3 is 1. The maximum absolute atomic E-state index is 13.1. The van der Waals surface area contributed by atoms with Gasteiger partial charge in [0.15, 0.2) is 11.4 Å². The molecule has 4 aromatic heterocycles. The number of nitrogens with two attached hydrogens (primary N) is 1. The molecule has 0 aliphatic heterocycles. The number of aromatic amines is 1. The summed E-state index contributed by atoms with van der Waals surface area (Å²) in [4.78, 5) is 39.8. The van der Waals surface area contributed by atoms with Crippen LogP contribution in [0.25, 0.3) is 27.7 Å². The summed E-state index contributed by atoms with van der Waals surface area (Å²) < 4.78 is 6.85. The number of H-pyrrole nitrogens is 1. The van der Waals surface area contributed by atoms with Crippen LogP contribution >= 0.6 is 0 Å². The molecule has 206 valence electrons. The van der Waals surface area contributed by atoms with Crippen molar-refractivity contribution >= 4 is 34.1 Å². The Morgan fingerprint density at radius 3 is 2.65 bits per heavy atom. The molecule has 4 heterocycles. The Morgan fingerprint density at radius 2 is 1.98 bits per heavy atom. The van der Waals surface area contributed by atoms with E-state index in [0.29, 0.717) is 29.7 Å². The number of amides is 1. The van der Waals surface area contributed by atoms with Crippen molar-refractivity contribution in [2.24, 2.45) is 0 Å². The highest BCUT2D eigenvalue weighted by atomic mass is 16.5. The van der Waals surface area contributed by atoms with E-state index in [9.17, 15) is 9.59 Å². The summed E-state index contributed by atoms with van der Waals surface area (Å²) in [5, 5.41) is 13.0. The maximum Gasteiger partial charge on any atom is 0.292 e. The number of anilines is 1. The van der Waals surface area contributed by atoms with E-state index in [2.05, 4.69) is 25.3 Å². The second-order valence-corrected chi connectivity index (χ2v) is 9.98. The Bertz CT molecular complexity index is 1710. The van der Waals surface area contributed by atoms with Crippen molar-refractivity contribution < 1.29 is 14.3 Å². The largest absolute Gasteiger partial charge is 0.497 e. The number of nitrogen functional groups attached to an aromatic ring is 1. The number of pyridine rings is 1. The van der Waals surface area contributed by atoms with E-state index in [4.69, 9.17) is 15.5 Å². The Balaban J connectivity index is 1.52. The summed E-state index contributed by atoms with van der Waals surface area (Å²) in [6, 6.07) is 7.41. The van der Waals surface area contributed by atoms with Crippen LogP contribution in [0.4, 0.5) is 5.82 Å². The molecular formula is C28H31N9O3. The average molecular weight is 542 g/mol. The number of nitrogens with one attached hydrogen (secondary N) is 1. The molecule has 3 N–H and O–H groups in total. The number of ether oxygens (including phenoxy) is 1. The van der Waals surface area contributed by atoms with Crippen molar-refractivity contribution in [3.05, 3.63) is 60.1 Å². The van der Waals surface area contributed by atoms with Gasteiger partial charge >= 0.3 is 0 Å². The molecule has 0 aliphatic rings. The maximum atomic E-state index is 13.1. The number of ketones is 1. The molecule has 5 aromatic rings. The fourth-order valence-electron chi connectivity index (χ4n) is 5.08. The van der Waals surface area contributed by atoms with Crippen molar-refractivity contribution in [2.75, 3.05) is 12.8 Å². The van der Waals surface area contributed by atoms with Gasteiger partial charge in [0.05, 0.1) is 30.1 Å². The number of hydrogen-bond donors (Lipinski definition) is 2. The molecule has 0 aliphatic carbocycles. The van der Waals surface area contributed by atoms with Gasteiger partial charge < -0.3 is 20.4 Å². The van der Waals surface area contributed by atoms with Crippen LogP contribution in [0.3, 0.4) is 0 Å². The van der Waals surface area contributed by atoms with Crippen LogP contribution in [-0.2, 0) is 6.42 Å². The fourth-order valence-corrected chi connectivity index (χ4v) is 5.08. The minimum absolute atomic E-state index is 0.0826. The zero-order valence-corrected chi connectivity index (χ0v) is 23.0. The number of nitrogens with zero attached hydrogens (tertiary/aromatic N) is 7. The summed E-state index contributed by atoms with van der Waals surface area (Å²) in [7, 11) is 1.62. The van der Waals surface area contributed by atoms with E-state index < -0.39 is 0 Å². The number of carbonyl (C=O) groups excluding carboxylic acids is 2. The van der Waals surface area contributed by atoms with Crippen molar-refractivity contribution in [2.45, 2.75) is 52.6 Å². The number of hydrogen-bond acceptors (Lipinski definition) is 9. The van der Waals surface area contributed by atoms with E-state index in [1.165, 1.54) is 17.8 Å². The lowest BCUT2D eigenvalue weighted by Crippen LogP contribution is -2.44. The summed E-state index contributed by atoms with van der Waals surface area (Å²) in [5.41, 5.74) is 10.3. The highest BCUT2D eigenvalue weighted by Crippen LogP contribution is 2.30. The smallest absolute Gasteiger partial charge is 0.292 e. The first-order chi connectivity index (χ1) is 19.2. The summed E-state index contributed by atoms with van der Waals surface area (Å²) in [5.74, 6) is 0.686. The first kappa shape index (κ1) is 26.7. The Labute approximate surface area is 230 Å². The van der Waals surface area contributed by atoms with E-state index >= 15 is 0 Å². The number of benzene rings is 1. The van der Waals surface area contributed by atoms with Crippen LogP contribution in [0.2, 0.25) is 0 Å². The fraction of sp³-hybridized carbons (Fsp3) is 0.321. The zero-order valence-electron chi connectivity index (χ0n) is 23.0. The predicted octanol–water partition coefficient (Wildman–Crippen LogP) is 3.73. The highest BCUT2D eigenvalue weighted by molar-refractivity contribution is 6.00. The van der Waals surface area contributed by atoms with Gasteiger partial charge in [-0.3, -0.25) is 14.6 Å². The van der Waals surface area contributed by atoms with Crippen LogP contribution in [0, 0.1) is 0 Å². The third kappa shape index (κ3) is 4.83. The molecule has 0 spiro atoms. The van der Waals surface area contributed by atoms with Crippen molar-refractivity contribution in [3.8, 4) is 16.9 Å².